The molecule has 2 aromatic rings. The van der Waals surface area contributed by atoms with Gasteiger partial charge in [0.2, 0.25) is 5.91 Å². The summed E-state index contributed by atoms with van der Waals surface area (Å²) in [7, 11) is 1.41. The first kappa shape index (κ1) is 18.6. The third-order valence-corrected chi connectivity index (χ3v) is 4.66. The van der Waals surface area contributed by atoms with Crippen molar-refractivity contribution in [2.45, 2.75) is 19.8 Å². The van der Waals surface area contributed by atoms with Gasteiger partial charge in [0.05, 0.1) is 18.0 Å². The Morgan fingerprint density at radius 1 is 1.37 bits per heavy atom. The highest BCUT2D eigenvalue weighted by atomic mass is 16.6. The van der Waals surface area contributed by atoms with E-state index in [0.29, 0.717) is 12.4 Å². The van der Waals surface area contributed by atoms with Gasteiger partial charge in [-0.3, -0.25) is 14.9 Å². The second-order valence-corrected chi connectivity index (χ2v) is 6.55. The number of ether oxygens (including phenoxy) is 1. The minimum absolute atomic E-state index is 0.0633. The predicted molar refractivity (Wildman–Crippen MR) is 102 cm³/mol. The number of piperidine rings is 1. The fourth-order valence-electron chi connectivity index (χ4n) is 3.28. The molecule has 8 nitrogen and oxygen atoms in total. The van der Waals surface area contributed by atoms with Crippen LogP contribution in [0.25, 0.3) is 0 Å². The molecule has 0 bridgehead atoms. The summed E-state index contributed by atoms with van der Waals surface area (Å²) in [5.74, 6) is 0.524. The van der Waals surface area contributed by atoms with Crippen molar-refractivity contribution in [1.82, 2.24) is 4.98 Å². The Bertz CT molecular complexity index is 855. The van der Waals surface area contributed by atoms with E-state index in [0.717, 1.165) is 30.8 Å². The molecule has 2 heterocycles. The maximum absolute atomic E-state index is 12.6. The fraction of sp³-hybridized carbons (Fsp3) is 0.368. The molecule has 1 unspecified atom stereocenters. The Hall–Kier alpha value is -3.16. The normalized spacial score (nSPS) is 16.7. The predicted octanol–water partition coefficient (Wildman–Crippen LogP) is 3.16. The van der Waals surface area contributed by atoms with Gasteiger partial charge in [-0.15, -0.1) is 0 Å². The number of carbonyl (C=O) groups is 1. The van der Waals surface area contributed by atoms with Gasteiger partial charge in [0.1, 0.15) is 5.82 Å². The van der Waals surface area contributed by atoms with Crippen LogP contribution in [0.2, 0.25) is 0 Å². The maximum Gasteiger partial charge on any atom is 0.311 e. The minimum atomic E-state index is -0.468. The molecule has 0 spiro atoms. The zero-order valence-electron chi connectivity index (χ0n) is 15.3. The molecule has 0 radical (unpaired) electrons. The molecule has 1 aromatic carbocycles. The molecular formula is C19H22N4O4. The van der Waals surface area contributed by atoms with E-state index >= 15 is 0 Å². The van der Waals surface area contributed by atoms with Crippen molar-refractivity contribution < 1.29 is 14.5 Å². The van der Waals surface area contributed by atoms with E-state index in [1.807, 2.05) is 19.1 Å². The second kappa shape index (κ2) is 8.03. The summed E-state index contributed by atoms with van der Waals surface area (Å²) >= 11 is 0. The van der Waals surface area contributed by atoms with Crippen LogP contribution in [0.3, 0.4) is 0 Å². The van der Waals surface area contributed by atoms with Crippen LogP contribution in [0.15, 0.2) is 36.4 Å². The molecule has 1 amide bonds. The lowest BCUT2D eigenvalue weighted by Crippen LogP contribution is -2.40. The first-order valence-corrected chi connectivity index (χ1v) is 8.80. The topological polar surface area (TPSA) is 97.6 Å². The number of nitro groups is 1. The molecule has 27 heavy (non-hydrogen) atoms. The number of anilines is 2. The van der Waals surface area contributed by atoms with E-state index in [4.69, 9.17) is 4.74 Å². The molecule has 0 saturated carbocycles. The minimum Gasteiger partial charge on any atom is -0.490 e. The van der Waals surface area contributed by atoms with E-state index in [1.165, 1.54) is 13.2 Å². The fourth-order valence-corrected chi connectivity index (χ4v) is 3.28. The van der Waals surface area contributed by atoms with Gasteiger partial charge in [-0.1, -0.05) is 6.07 Å². The highest BCUT2D eigenvalue weighted by Crippen LogP contribution is 2.33. The molecule has 1 aromatic heterocycles. The van der Waals surface area contributed by atoms with E-state index < -0.39 is 4.92 Å². The summed E-state index contributed by atoms with van der Waals surface area (Å²) in [5, 5.41) is 13.9. The number of nitrogens with one attached hydrogen (secondary N) is 1. The smallest absolute Gasteiger partial charge is 0.311 e. The molecule has 1 N–H and O–H groups in total. The van der Waals surface area contributed by atoms with Gasteiger partial charge >= 0.3 is 5.69 Å². The van der Waals surface area contributed by atoms with E-state index in [2.05, 4.69) is 15.2 Å². The lowest BCUT2D eigenvalue weighted by molar-refractivity contribution is -0.385. The average molecular weight is 370 g/mol. The van der Waals surface area contributed by atoms with Gasteiger partial charge in [0.25, 0.3) is 0 Å². The number of aromatic nitrogens is 1. The number of methoxy groups -OCH3 is 1. The Morgan fingerprint density at radius 3 is 2.89 bits per heavy atom. The monoisotopic (exact) mass is 370 g/mol. The highest BCUT2D eigenvalue weighted by molar-refractivity contribution is 5.92. The van der Waals surface area contributed by atoms with E-state index in [-0.39, 0.29) is 23.3 Å². The summed E-state index contributed by atoms with van der Waals surface area (Å²) in [4.78, 5) is 29.6. The number of hydrogen-bond acceptors (Lipinski definition) is 6. The van der Waals surface area contributed by atoms with Gasteiger partial charge in [-0.25, -0.2) is 4.98 Å². The molecule has 1 aliphatic rings. The van der Waals surface area contributed by atoms with Crippen LogP contribution in [-0.2, 0) is 4.79 Å². The SMILES string of the molecule is COc1cc(N2CCCC(C(=O)Nc3cccc(C)n3)C2)ccc1[N+](=O)[O-]. The molecule has 3 rings (SSSR count). The van der Waals surface area contributed by atoms with E-state index in [1.54, 1.807) is 18.2 Å². The van der Waals surface area contributed by atoms with Gasteiger partial charge < -0.3 is 15.0 Å². The molecule has 8 heteroatoms. The van der Waals surface area contributed by atoms with Gasteiger partial charge in [0.15, 0.2) is 5.75 Å². The number of amides is 1. The molecule has 0 aliphatic carbocycles. The Morgan fingerprint density at radius 2 is 2.19 bits per heavy atom. The first-order valence-electron chi connectivity index (χ1n) is 8.80. The van der Waals surface area contributed by atoms with Crippen molar-refractivity contribution >= 4 is 23.1 Å². The number of benzene rings is 1. The summed E-state index contributed by atoms with van der Waals surface area (Å²) < 4.78 is 5.15. The van der Waals surface area contributed by atoms with Crippen LogP contribution in [0, 0.1) is 23.0 Å². The van der Waals surface area contributed by atoms with Crippen LogP contribution in [0.1, 0.15) is 18.5 Å². The molecule has 1 fully saturated rings. The quantitative estimate of drug-likeness (QED) is 0.641. The standard InChI is InChI=1S/C19H22N4O4/c1-13-5-3-7-18(20-13)21-19(24)14-6-4-10-22(12-14)15-8-9-16(23(25)26)17(11-15)27-2/h3,5,7-9,11,14H,4,6,10,12H2,1-2H3,(H,20,21,24). The summed E-state index contributed by atoms with van der Waals surface area (Å²) in [6.07, 6.45) is 1.65. The number of carbonyl (C=O) groups excluding carboxylic acids is 1. The van der Waals surface area contributed by atoms with Crippen LogP contribution in [0.5, 0.6) is 5.75 Å². The number of aryl methyl sites for hydroxylation is 1. The number of pyridine rings is 1. The first-order chi connectivity index (χ1) is 13.0. The van der Waals surface area contributed by atoms with Crippen molar-refractivity contribution in [2.24, 2.45) is 5.92 Å². The third kappa shape index (κ3) is 4.33. The lowest BCUT2D eigenvalue weighted by Gasteiger charge is -2.33. The molecule has 1 aliphatic heterocycles. The van der Waals surface area contributed by atoms with Gasteiger partial charge in [-0.2, -0.15) is 0 Å². The summed E-state index contributed by atoms with van der Waals surface area (Å²) in [6, 6.07) is 10.3. The third-order valence-electron chi connectivity index (χ3n) is 4.66. The van der Waals surface area contributed by atoms with Crippen LogP contribution < -0.4 is 15.0 Å². The van der Waals surface area contributed by atoms with Crippen LogP contribution in [-0.4, -0.2) is 36.0 Å². The zero-order chi connectivity index (χ0) is 19.4. The zero-order valence-corrected chi connectivity index (χ0v) is 15.3. The second-order valence-electron chi connectivity index (χ2n) is 6.55. The highest BCUT2D eigenvalue weighted by Gasteiger charge is 2.27. The van der Waals surface area contributed by atoms with Crippen molar-refractivity contribution in [3.8, 4) is 5.75 Å². The number of rotatable bonds is 5. The Labute approximate surface area is 157 Å². The molecular weight excluding hydrogens is 348 g/mol. The largest absolute Gasteiger partial charge is 0.490 e. The van der Waals surface area contributed by atoms with Crippen molar-refractivity contribution in [2.75, 3.05) is 30.4 Å². The van der Waals surface area contributed by atoms with Crippen LogP contribution in [0.4, 0.5) is 17.2 Å². The van der Waals surface area contributed by atoms with Gasteiger partial charge in [-0.05, 0) is 38.0 Å². The Balaban J connectivity index is 1.72. The Kier molecular flexibility index (Phi) is 5.54. The number of nitrogens with zero attached hydrogens (tertiary/aromatic N) is 3. The van der Waals surface area contributed by atoms with E-state index in [9.17, 15) is 14.9 Å². The van der Waals surface area contributed by atoms with Gasteiger partial charge in [0, 0.05) is 36.6 Å². The average Bonchev–Trinajstić information content (AvgIpc) is 2.67. The van der Waals surface area contributed by atoms with Crippen molar-refractivity contribution in [1.29, 1.82) is 0 Å². The molecule has 1 saturated heterocycles. The van der Waals surface area contributed by atoms with Crippen LogP contribution >= 0.6 is 0 Å². The number of hydrogen-bond donors (Lipinski definition) is 1. The number of nitro benzene ring substituents is 1. The van der Waals surface area contributed by atoms with Crippen molar-refractivity contribution in [3.05, 3.63) is 52.2 Å². The van der Waals surface area contributed by atoms with Crippen molar-refractivity contribution in [3.63, 3.8) is 0 Å². The summed E-state index contributed by atoms with van der Waals surface area (Å²) in [6.45, 7) is 3.20. The maximum atomic E-state index is 12.6. The summed E-state index contributed by atoms with van der Waals surface area (Å²) in [5.41, 5.74) is 1.58. The molecule has 1 atom stereocenters. The molecule has 142 valence electrons. The lowest BCUT2D eigenvalue weighted by atomic mass is 9.96.